The number of piperidine rings is 1. The molecule has 1 aliphatic carbocycles. The van der Waals surface area contributed by atoms with Crippen molar-refractivity contribution in [2.24, 2.45) is 11.8 Å². The average Bonchev–Trinajstić information content (AvgIpc) is 2.47. The highest BCUT2D eigenvalue weighted by Crippen LogP contribution is 2.35. The molecule has 2 unspecified atom stereocenters. The van der Waals surface area contributed by atoms with E-state index in [1.54, 1.807) is 6.07 Å². The van der Waals surface area contributed by atoms with Crippen LogP contribution < -0.4 is 5.32 Å². The Hall–Kier alpha value is -1.06. The molecule has 1 N–H and O–H groups in total. The van der Waals surface area contributed by atoms with E-state index in [1.807, 2.05) is 18.2 Å². The van der Waals surface area contributed by atoms with Crippen molar-refractivity contribution in [2.45, 2.75) is 32.1 Å². The molecule has 114 valence electrons. The molecule has 0 radical (unpaired) electrons. The molecule has 2 atom stereocenters. The summed E-state index contributed by atoms with van der Waals surface area (Å²) in [6.07, 6.45) is 6.76. The number of anilines is 1. The molecular weight excluding hydrogens is 284 g/mol. The quantitative estimate of drug-likeness (QED) is 0.921. The zero-order valence-electron chi connectivity index (χ0n) is 12.4. The van der Waals surface area contributed by atoms with Crippen molar-refractivity contribution in [3.8, 4) is 0 Å². The van der Waals surface area contributed by atoms with Crippen molar-refractivity contribution in [1.82, 2.24) is 4.90 Å². The van der Waals surface area contributed by atoms with Gasteiger partial charge in [0.15, 0.2) is 0 Å². The monoisotopic (exact) mass is 306 g/mol. The van der Waals surface area contributed by atoms with Gasteiger partial charge in [-0.15, -0.1) is 0 Å². The molecule has 1 saturated carbocycles. The first-order valence-corrected chi connectivity index (χ1v) is 8.36. The van der Waals surface area contributed by atoms with E-state index in [9.17, 15) is 4.79 Å². The summed E-state index contributed by atoms with van der Waals surface area (Å²) in [5.41, 5.74) is 0.778. The number of nitrogens with zero attached hydrogens (tertiary/aromatic N) is 1. The highest BCUT2D eigenvalue weighted by atomic mass is 35.5. The fraction of sp³-hybridized carbons (Fsp3) is 0.588. The van der Waals surface area contributed by atoms with Gasteiger partial charge in [-0.2, -0.15) is 0 Å². The molecule has 3 nitrogen and oxygen atoms in total. The van der Waals surface area contributed by atoms with Crippen molar-refractivity contribution in [3.63, 3.8) is 0 Å². The Balaban J connectivity index is 1.51. The van der Waals surface area contributed by atoms with Gasteiger partial charge in [0.2, 0.25) is 5.91 Å². The van der Waals surface area contributed by atoms with Gasteiger partial charge in [-0.3, -0.25) is 9.69 Å². The summed E-state index contributed by atoms with van der Waals surface area (Å²) < 4.78 is 0. The van der Waals surface area contributed by atoms with Gasteiger partial charge in [0.1, 0.15) is 0 Å². The molecular formula is C17H23ClN2O. The summed E-state index contributed by atoms with van der Waals surface area (Å²) in [6, 6.07) is 7.32. The number of benzene rings is 1. The van der Waals surface area contributed by atoms with Crippen LogP contribution in [0, 0.1) is 11.8 Å². The van der Waals surface area contributed by atoms with E-state index < -0.39 is 0 Å². The lowest BCUT2D eigenvalue weighted by Crippen LogP contribution is -2.44. The van der Waals surface area contributed by atoms with Crippen LogP contribution in [-0.2, 0) is 4.79 Å². The molecule has 2 aliphatic rings. The zero-order valence-corrected chi connectivity index (χ0v) is 13.1. The summed E-state index contributed by atoms with van der Waals surface area (Å²) in [7, 11) is 0. The minimum absolute atomic E-state index is 0.0616. The van der Waals surface area contributed by atoms with Crippen LogP contribution in [0.3, 0.4) is 0 Å². The Morgan fingerprint density at radius 1 is 1.24 bits per heavy atom. The Morgan fingerprint density at radius 3 is 2.86 bits per heavy atom. The Bertz CT molecular complexity index is 505. The molecule has 1 aromatic rings. The number of carbonyl (C=O) groups excluding carboxylic acids is 1. The average molecular weight is 307 g/mol. The predicted octanol–water partition coefficient (Wildman–Crippen LogP) is 3.79. The number of rotatable bonds is 3. The molecule has 1 amide bonds. The molecule has 1 heterocycles. The summed E-state index contributed by atoms with van der Waals surface area (Å²) in [5, 5.41) is 3.59. The summed E-state index contributed by atoms with van der Waals surface area (Å²) in [5.74, 6) is 1.78. The van der Waals surface area contributed by atoms with Crippen LogP contribution >= 0.6 is 11.6 Å². The molecule has 0 bridgehead atoms. The molecule has 0 spiro atoms. The standard InChI is InChI=1S/C17H23ClN2O/c18-15-6-3-7-16(10-15)19-17(21)12-20-9-8-13-4-1-2-5-14(13)11-20/h3,6-7,10,13-14H,1-2,4-5,8-9,11-12H2,(H,19,21). The van der Waals surface area contributed by atoms with Crippen molar-refractivity contribution in [1.29, 1.82) is 0 Å². The zero-order chi connectivity index (χ0) is 14.7. The number of hydrogen-bond donors (Lipinski definition) is 1. The minimum atomic E-state index is 0.0616. The maximum absolute atomic E-state index is 12.2. The Morgan fingerprint density at radius 2 is 2.05 bits per heavy atom. The van der Waals surface area contributed by atoms with Crippen LogP contribution in [-0.4, -0.2) is 30.4 Å². The van der Waals surface area contributed by atoms with Gasteiger partial charge in [-0.25, -0.2) is 0 Å². The van der Waals surface area contributed by atoms with Crippen LogP contribution in [0.5, 0.6) is 0 Å². The molecule has 1 aliphatic heterocycles. The smallest absolute Gasteiger partial charge is 0.238 e. The second-order valence-electron chi connectivity index (χ2n) is 6.39. The lowest BCUT2D eigenvalue weighted by Gasteiger charge is -2.41. The topological polar surface area (TPSA) is 32.3 Å². The predicted molar refractivity (Wildman–Crippen MR) is 86.6 cm³/mol. The molecule has 4 heteroatoms. The molecule has 21 heavy (non-hydrogen) atoms. The first-order chi connectivity index (χ1) is 10.2. The van der Waals surface area contributed by atoms with E-state index in [0.717, 1.165) is 30.6 Å². The number of carbonyl (C=O) groups is 1. The number of fused-ring (bicyclic) bond motifs is 1. The second kappa shape index (κ2) is 6.80. The van der Waals surface area contributed by atoms with Gasteiger partial charge in [-0.05, 0) is 49.4 Å². The molecule has 1 aromatic carbocycles. The highest BCUT2D eigenvalue weighted by Gasteiger charge is 2.31. The fourth-order valence-corrected chi connectivity index (χ4v) is 3.98. The van der Waals surface area contributed by atoms with Gasteiger partial charge in [-0.1, -0.05) is 36.9 Å². The number of hydrogen-bond acceptors (Lipinski definition) is 2. The Kier molecular flexibility index (Phi) is 4.81. The minimum Gasteiger partial charge on any atom is -0.325 e. The third-order valence-corrected chi connectivity index (χ3v) is 5.09. The van der Waals surface area contributed by atoms with Crippen LogP contribution in [0.15, 0.2) is 24.3 Å². The number of halogens is 1. The lowest BCUT2D eigenvalue weighted by molar-refractivity contribution is -0.118. The second-order valence-corrected chi connectivity index (χ2v) is 6.82. The van der Waals surface area contributed by atoms with Gasteiger partial charge in [0, 0.05) is 17.3 Å². The Labute approximate surface area is 131 Å². The number of likely N-dealkylation sites (tertiary alicyclic amines) is 1. The van der Waals surface area contributed by atoms with Crippen molar-refractivity contribution >= 4 is 23.2 Å². The highest BCUT2D eigenvalue weighted by molar-refractivity contribution is 6.30. The molecule has 1 saturated heterocycles. The van der Waals surface area contributed by atoms with Gasteiger partial charge in [0.05, 0.1) is 6.54 Å². The lowest BCUT2D eigenvalue weighted by atomic mass is 9.75. The van der Waals surface area contributed by atoms with Crippen LogP contribution in [0.4, 0.5) is 5.69 Å². The van der Waals surface area contributed by atoms with E-state index in [4.69, 9.17) is 11.6 Å². The maximum Gasteiger partial charge on any atom is 0.238 e. The number of amides is 1. The fourth-order valence-electron chi connectivity index (χ4n) is 3.79. The van der Waals surface area contributed by atoms with Gasteiger partial charge >= 0.3 is 0 Å². The van der Waals surface area contributed by atoms with E-state index >= 15 is 0 Å². The van der Waals surface area contributed by atoms with E-state index in [2.05, 4.69) is 10.2 Å². The SMILES string of the molecule is O=C(CN1CCC2CCCCC2C1)Nc1cccc(Cl)c1. The summed E-state index contributed by atoms with van der Waals surface area (Å²) in [4.78, 5) is 14.5. The van der Waals surface area contributed by atoms with E-state index in [-0.39, 0.29) is 5.91 Å². The van der Waals surface area contributed by atoms with Crippen LogP contribution in [0.25, 0.3) is 0 Å². The first-order valence-electron chi connectivity index (χ1n) is 7.98. The molecule has 3 rings (SSSR count). The van der Waals surface area contributed by atoms with Crippen molar-refractivity contribution in [2.75, 3.05) is 25.0 Å². The van der Waals surface area contributed by atoms with Crippen molar-refractivity contribution < 1.29 is 4.79 Å². The maximum atomic E-state index is 12.2. The molecule has 2 fully saturated rings. The van der Waals surface area contributed by atoms with Gasteiger partial charge in [0.25, 0.3) is 0 Å². The normalized spacial score (nSPS) is 26.1. The number of nitrogens with one attached hydrogen (secondary N) is 1. The van der Waals surface area contributed by atoms with E-state index in [0.29, 0.717) is 11.6 Å². The summed E-state index contributed by atoms with van der Waals surface area (Å²) in [6.45, 7) is 2.65. The van der Waals surface area contributed by atoms with E-state index in [1.165, 1.54) is 32.1 Å². The third-order valence-electron chi connectivity index (χ3n) is 4.85. The van der Waals surface area contributed by atoms with Crippen LogP contribution in [0.1, 0.15) is 32.1 Å². The van der Waals surface area contributed by atoms with Crippen LogP contribution in [0.2, 0.25) is 5.02 Å². The largest absolute Gasteiger partial charge is 0.325 e. The van der Waals surface area contributed by atoms with Crippen molar-refractivity contribution in [3.05, 3.63) is 29.3 Å². The first kappa shape index (κ1) is 14.9. The van der Waals surface area contributed by atoms with Gasteiger partial charge < -0.3 is 5.32 Å². The third kappa shape index (κ3) is 3.98. The summed E-state index contributed by atoms with van der Waals surface area (Å²) >= 11 is 5.93. The molecule has 0 aromatic heterocycles.